The number of carbonyl (C=O) groups is 18. The summed E-state index contributed by atoms with van der Waals surface area (Å²) in [5, 5.41) is 78.8. The van der Waals surface area contributed by atoms with Crippen molar-refractivity contribution in [1.29, 1.82) is 0 Å². The number of aromatic amines is 1. The number of nitrogens with one attached hydrogen (secondary N) is 13. The van der Waals surface area contributed by atoms with Crippen molar-refractivity contribution in [3.63, 3.8) is 0 Å². The number of hydrogen-bond acceptors (Lipinski definition) is 20. The lowest BCUT2D eigenvalue weighted by Gasteiger charge is -2.30. The summed E-state index contributed by atoms with van der Waals surface area (Å²) in [6, 6.07) is 2.02. The minimum absolute atomic E-state index is 0.0385. The van der Waals surface area contributed by atoms with Gasteiger partial charge in [0.25, 0.3) is 0 Å². The Morgan fingerprint density at radius 2 is 0.709 bits per heavy atom. The molecular weight excluding hydrogens is 1530 g/mol. The number of carboxylic acids is 5. The standard InChI is InChI=1S/C78H110N16O23/c1-39(2)31-52(90-76(114)65(42(7)8)93-73(111)55(35-58(81)95)88-71(109)54(34-45-38-82-48-24-16-15-23-46(45)48)86-66(104)47(80)32-43-19-11-9-12-20-43)69(107)83-49(26-28-59(96)97)67(105)89-57(37-62(102)103)74(112)94-63(40(3)4)75(113)84-50(27-29-60(98)99)68(106)92-64(41(5)6)77(115)91-56(36-61(100)101)72(110)87-53(33-44-21-13-10-14-22-44)70(108)85-51(78(116)117)25-17-18-30-79/h9-16,19-24,38-42,47,49-57,63-65,82H,17-18,25-37,79-80H2,1-8H3,(H2,81,95)(H,83,107)(H,84,113)(H,85,108)(H,86,104)(H,87,110)(H,88,109)(H,89,105)(H,90,114)(H,91,115)(H,92,106)(H,93,111)(H,94,112)(H,96,97)(H,98,99)(H,100,101)(H,102,103)(H,116,117)/t47-,49-,50-,51-,52-,53-,54-,55-,56-,57-,63-,64-,65-/m0/s1. The Kier molecular flexibility index (Phi) is 39.8. The largest absolute Gasteiger partial charge is 0.481 e. The number of nitrogens with two attached hydrogens (primary N) is 3. The van der Waals surface area contributed by atoms with Crippen molar-refractivity contribution < 1.29 is 112 Å². The van der Waals surface area contributed by atoms with Crippen LogP contribution in [0.5, 0.6) is 0 Å². The normalized spacial score (nSPS) is 14.6. The van der Waals surface area contributed by atoms with Crippen molar-refractivity contribution >= 4 is 118 Å². The molecule has 0 fully saturated rings. The lowest BCUT2D eigenvalue weighted by Crippen LogP contribution is -2.62. The van der Waals surface area contributed by atoms with Crippen molar-refractivity contribution in [3.05, 3.63) is 108 Å². The SMILES string of the molecule is CC(C)C[C@H](NC(=O)[C@@H](NC(=O)[C@H](CC(N)=O)NC(=O)[C@H](Cc1c[nH]c2ccccc12)NC(=O)[C@@H](N)Cc1ccccc1)C(C)C)C(=O)N[C@@H](CCC(=O)O)C(=O)N[C@@H](CC(=O)O)C(=O)N[C@H](C(=O)N[C@@H](CCC(=O)O)C(=O)N[C@H](C(=O)N[C@@H](CC(=O)O)C(=O)N[C@@H](Cc1ccccc1)C(=O)N[C@@H](CCCCN)C(=O)O)C(C)C)C(C)C. The number of unbranched alkanes of at least 4 members (excludes halogenated alkanes) is 1. The Morgan fingerprint density at radius 1 is 0.359 bits per heavy atom. The molecule has 0 aliphatic heterocycles. The minimum atomic E-state index is -2.15. The van der Waals surface area contributed by atoms with Crippen LogP contribution < -0.4 is 81.0 Å². The van der Waals surface area contributed by atoms with Gasteiger partial charge < -0.3 is 112 Å². The van der Waals surface area contributed by atoms with Gasteiger partial charge >= 0.3 is 29.8 Å². The summed E-state index contributed by atoms with van der Waals surface area (Å²) in [6.45, 7) is 12.1. The van der Waals surface area contributed by atoms with Gasteiger partial charge in [-0.25, -0.2) is 4.79 Å². The Morgan fingerprint density at radius 3 is 1.15 bits per heavy atom. The van der Waals surface area contributed by atoms with Crippen LogP contribution in [-0.4, -0.2) is 222 Å². The molecule has 39 nitrogen and oxygen atoms in total. The molecule has 0 unspecified atom stereocenters. The van der Waals surface area contributed by atoms with E-state index in [0.29, 0.717) is 34.9 Å². The molecule has 0 aliphatic rings. The third kappa shape index (κ3) is 33.5. The van der Waals surface area contributed by atoms with Gasteiger partial charge in [0.2, 0.25) is 76.8 Å². The predicted molar refractivity (Wildman–Crippen MR) is 420 cm³/mol. The fraction of sp³-hybridized carbons (Fsp3) is 0.513. The first-order valence-electron chi connectivity index (χ1n) is 38.2. The maximum Gasteiger partial charge on any atom is 0.326 e. The molecule has 13 atom stereocenters. The van der Waals surface area contributed by atoms with Crippen LogP contribution >= 0.6 is 0 Å². The van der Waals surface area contributed by atoms with E-state index in [9.17, 15) is 112 Å². The molecule has 0 spiro atoms. The molecule has 1 heterocycles. The number of primary amides is 1. The molecule has 3 aromatic carbocycles. The number of aliphatic carboxylic acids is 5. The first-order chi connectivity index (χ1) is 55.1. The third-order valence-electron chi connectivity index (χ3n) is 18.5. The van der Waals surface area contributed by atoms with Crippen LogP contribution in [0.25, 0.3) is 10.9 Å². The highest BCUT2D eigenvalue weighted by Crippen LogP contribution is 2.21. The fourth-order valence-corrected chi connectivity index (χ4v) is 12.2. The second kappa shape index (κ2) is 48.1. The second-order valence-corrected chi connectivity index (χ2v) is 29.8. The average Bonchev–Trinajstić information content (AvgIpc) is 1.78. The molecule has 117 heavy (non-hydrogen) atoms. The average molecular weight is 1640 g/mol. The fourth-order valence-electron chi connectivity index (χ4n) is 12.2. The van der Waals surface area contributed by atoms with E-state index in [4.69, 9.17) is 17.2 Å². The highest BCUT2D eigenvalue weighted by atomic mass is 16.4. The molecule has 39 heteroatoms. The van der Waals surface area contributed by atoms with Crippen LogP contribution in [0.3, 0.4) is 0 Å². The lowest BCUT2D eigenvalue weighted by molar-refractivity contribution is -0.143. The van der Waals surface area contributed by atoms with Gasteiger partial charge in [-0.15, -0.1) is 0 Å². The van der Waals surface area contributed by atoms with Gasteiger partial charge in [-0.2, -0.15) is 0 Å². The van der Waals surface area contributed by atoms with Gasteiger partial charge in [0, 0.05) is 42.8 Å². The summed E-state index contributed by atoms with van der Waals surface area (Å²) in [5.74, 6) is -25.6. The first kappa shape index (κ1) is 96.9. The molecule has 0 radical (unpaired) electrons. The zero-order valence-electron chi connectivity index (χ0n) is 66.4. The number of fused-ring (bicyclic) bond motifs is 1. The van der Waals surface area contributed by atoms with Crippen LogP contribution in [0.2, 0.25) is 0 Å². The quantitative estimate of drug-likeness (QED) is 0.0215. The summed E-state index contributed by atoms with van der Waals surface area (Å²) in [5.41, 5.74) is 20.0. The first-order valence-corrected chi connectivity index (χ1v) is 38.2. The maximum absolute atomic E-state index is 14.5. The van der Waals surface area contributed by atoms with Gasteiger partial charge in [-0.05, 0) is 97.9 Å². The van der Waals surface area contributed by atoms with Gasteiger partial charge in [-0.3, -0.25) is 81.5 Å². The Bertz CT molecular complexity index is 4140. The summed E-state index contributed by atoms with van der Waals surface area (Å²) in [6.07, 6.45) is -4.48. The highest BCUT2D eigenvalue weighted by molar-refractivity contribution is 6.02. The van der Waals surface area contributed by atoms with Gasteiger partial charge in [0.05, 0.1) is 25.3 Å². The van der Waals surface area contributed by atoms with E-state index in [1.807, 2.05) is 0 Å². The minimum Gasteiger partial charge on any atom is -0.481 e. The molecule has 1 aromatic heterocycles. The third-order valence-corrected chi connectivity index (χ3v) is 18.5. The van der Waals surface area contributed by atoms with E-state index in [-0.39, 0.29) is 38.6 Å². The van der Waals surface area contributed by atoms with Crippen molar-refractivity contribution in [2.45, 2.75) is 224 Å². The van der Waals surface area contributed by atoms with E-state index < -0.39 is 254 Å². The molecular formula is C78H110N16O23. The molecule has 13 amide bonds. The zero-order valence-corrected chi connectivity index (χ0v) is 66.4. The number of carboxylic acid groups (broad SMARTS) is 5. The predicted octanol–water partition coefficient (Wildman–Crippen LogP) is -1.88. The summed E-state index contributed by atoms with van der Waals surface area (Å²) < 4.78 is 0. The molecule has 0 saturated carbocycles. The van der Waals surface area contributed by atoms with Gasteiger partial charge in [0.1, 0.15) is 72.5 Å². The maximum atomic E-state index is 14.5. The molecule has 640 valence electrons. The number of benzene rings is 3. The second-order valence-electron chi connectivity index (χ2n) is 29.8. The number of aromatic nitrogens is 1. The van der Waals surface area contributed by atoms with E-state index in [1.54, 1.807) is 105 Å². The Hall–Kier alpha value is -12.4. The number of para-hydroxylation sites is 1. The van der Waals surface area contributed by atoms with Crippen molar-refractivity contribution in [2.75, 3.05) is 6.54 Å². The van der Waals surface area contributed by atoms with Gasteiger partial charge in [-0.1, -0.05) is 134 Å². The smallest absolute Gasteiger partial charge is 0.326 e. The monoisotopic (exact) mass is 1640 g/mol. The number of carbonyl (C=O) groups excluding carboxylic acids is 13. The molecule has 0 aliphatic carbocycles. The van der Waals surface area contributed by atoms with Crippen molar-refractivity contribution in [1.82, 2.24) is 68.8 Å². The molecule has 24 N–H and O–H groups in total. The molecule has 4 rings (SSSR count). The van der Waals surface area contributed by atoms with Crippen LogP contribution in [-0.2, 0) is 106 Å². The Balaban J connectivity index is 1.56. The number of rotatable bonds is 52. The van der Waals surface area contributed by atoms with E-state index in [2.05, 4.69) is 68.8 Å². The zero-order chi connectivity index (χ0) is 87.5. The van der Waals surface area contributed by atoms with Crippen molar-refractivity contribution in [2.24, 2.45) is 40.9 Å². The Labute approximate surface area is 674 Å². The van der Waals surface area contributed by atoms with Crippen LogP contribution in [0, 0.1) is 23.7 Å². The summed E-state index contributed by atoms with van der Waals surface area (Å²) in [4.78, 5) is 247. The van der Waals surface area contributed by atoms with Crippen LogP contribution in [0.1, 0.15) is 143 Å². The van der Waals surface area contributed by atoms with Crippen LogP contribution in [0.15, 0.2) is 91.1 Å². The number of hydrogen-bond donors (Lipinski definition) is 21. The van der Waals surface area contributed by atoms with E-state index in [1.165, 1.54) is 41.5 Å². The van der Waals surface area contributed by atoms with Crippen molar-refractivity contribution in [3.8, 4) is 0 Å². The lowest BCUT2D eigenvalue weighted by atomic mass is 9.98. The topological polar surface area (TPSA) is 647 Å². The van der Waals surface area contributed by atoms with Crippen LogP contribution in [0.4, 0.5) is 0 Å². The van der Waals surface area contributed by atoms with E-state index >= 15 is 0 Å². The molecule has 0 bridgehead atoms. The summed E-state index contributed by atoms with van der Waals surface area (Å²) >= 11 is 0. The number of H-pyrrole nitrogens is 1. The van der Waals surface area contributed by atoms with E-state index in [0.717, 1.165) is 5.56 Å². The highest BCUT2D eigenvalue weighted by Gasteiger charge is 2.40. The molecule has 4 aromatic rings. The van der Waals surface area contributed by atoms with Gasteiger partial charge in [0.15, 0.2) is 0 Å². The summed E-state index contributed by atoms with van der Waals surface area (Å²) in [7, 11) is 0. The number of amides is 13. The molecule has 0 saturated heterocycles.